The number of esters is 1. The van der Waals surface area contributed by atoms with Crippen LogP contribution in [0.15, 0.2) is 0 Å². The summed E-state index contributed by atoms with van der Waals surface area (Å²) in [6, 6.07) is 0. The number of nitrogens with one attached hydrogen (secondary N) is 1. The Balaban J connectivity index is 2.06. The first kappa shape index (κ1) is 12.4. The number of ether oxygens (including phenoxy) is 1. The van der Waals surface area contributed by atoms with Gasteiger partial charge in [0.05, 0.1) is 7.11 Å². The predicted molar refractivity (Wildman–Crippen MR) is 63.2 cm³/mol. The summed E-state index contributed by atoms with van der Waals surface area (Å²) in [5.41, 5.74) is -0.749. The fraction of sp³-hybridized carbons (Fsp3) is 0.846. The molecule has 17 heavy (non-hydrogen) atoms. The van der Waals surface area contributed by atoms with Crippen LogP contribution in [0.2, 0.25) is 0 Å². The average molecular weight is 239 g/mol. The maximum Gasteiger partial charge on any atom is 0.331 e. The van der Waals surface area contributed by atoms with Crippen LogP contribution >= 0.6 is 0 Å². The van der Waals surface area contributed by atoms with E-state index in [0.717, 1.165) is 25.7 Å². The second-order valence-corrected chi connectivity index (χ2v) is 5.52. The Hall–Kier alpha value is -1.06. The second-order valence-electron chi connectivity index (χ2n) is 5.52. The van der Waals surface area contributed by atoms with Gasteiger partial charge >= 0.3 is 5.97 Å². The highest BCUT2D eigenvalue weighted by atomic mass is 16.5. The average Bonchev–Trinajstić information content (AvgIpc) is 3.15. The van der Waals surface area contributed by atoms with Crippen molar-refractivity contribution in [2.24, 2.45) is 11.8 Å². The highest BCUT2D eigenvalue weighted by Crippen LogP contribution is 2.35. The molecule has 0 unspecified atom stereocenters. The van der Waals surface area contributed by atoms with Crippen LogP contribution in [-0.4, -0.2) is 24.5 Å². The molecule has 0 aromatic carbocycles. The smallest absolute Gasteiger partial charge is 0.331 e. The molecule has 1 N–H and O–H groups in total. The van der Waals surface area contributed by atoms with E-state index in [2.05, 4.69) is 12.2 Å². The van der Waals surface area contributed by atoms with Crippen molar-refractivity contribution in [3.63, 3.8) is 0 Å². The Bertz CT molecular complexity index is 315. The van der Waals surface area contributed by atoms with Crippen LogP contribution in [-0.2, 0) is 14.3 Å². The van der Waals surface area contributed by atoms with Gasteiger partial charge in [0.25, 0.3) is 0 Å². The molecule has 0 bridgehead atoms. The quantitative estimate of drug-likeness (QED) is 0.762. The number of carbonyl (C=O) groups is 2. The van der Waals surface area contributed by atoms with Crippen molar-refractivity contribution < 1.29 is 14.3 Å². The van der Waals surface area contributed by atoms with Crippen molar-refractivity contribution in [1.82, 2.24) is 5.32 Å². The molecule has 0 aromatic heterocycles. The van der Waals surface area contributed by atoms with Crippen LogP contribution in [0.25, 0.3) is 0 Å². The van der Waals surface area contributed by atoms with Crippen LogP contribution in [0, 0.1) is 11.8 Å². The summed E-state index contributed by atoms with van der Waals surface area (Å²) in [6.07, 6.45) is 5.28. The van der Waals surface area contributed by atoms with Crippen molar-refractivity contribution in [1.29, 1.82) is 0 Å². The summed E-state index contributed by atoms with van der Waals surface area (Å²) in [4.78, 5) is 23.8. The van der Waals surface area contributed by atoms with E-state index in [4.69, 9.17) is 4.74 Å². The van der Waals surface area contributed by atoms with Crippen molar-refractivity contribution in [3.8, 4) is 0 Å². The van der Waals surface area contributed by atoms with Crippen LogP contribution in [0.1, 0.15) is 45.4 Å². The lowest BCUT2D eigenvalue weighted by atomic mass is 9.77. The SMILES string of the molecule is COC(=O)C1(NC(=O)C2CC2)CCC(C)CC1. The fourth-order valence-electron chi connectivity index (χ4n) is 2.51. The maximum absolute atomic E-state index is 11.9. The third kappa shape index (κ3) is 2.61. The molecule has 2 fully saturated rings. The van der Waals surface area contributed by atoms with E-state index >= 15 is 0 Å². The Kier molecular flexibility index (Phi) is 3.40. The molecule has 0 spiro atoms. The Morgan fingerprint density at radius 2 is 1.76 bits per heavy atom. The van der Waals surface area contributed by atoms with Gasteiger partial charge in [0, 0.05) is 5.92 Å². The van der Waals surface area contributed by atoms with Gasteiger partial charge in [0.1, 0.15) is 5.54 Å². The maximum atomic E-state index is 11.9. The van der Waals surface area contributed by atoms with E-state index in [1.807, 2.05) is 0 Å². The van der Waals surface area contributed by atoms with Gasteiger partial charge in [-0.3, -0.25) is 4.79 Å². The van der Waals surface area contributed by atoms with Crippen LogP contribution in [0.4, 0.5) is 0 Å². The van der Waals surface area contributed by atoms with Gasteiger partial charge in [-0.2, -0.15) is 0 Å². The summed E-state index contributed by atoms with van der Waals surface area (Å²) < 4.78 is 4.88. The zero-order valence-corrected chi connectivity index (χ0v) is 10.6. The molecule has 4 heteroatoms. The highest BCUT2D eigenvalue weighted by molar-refractivity contribution is 5.90. The zero-order chi connectivity index (χ0) is 12.5. The molecule has 0 saturated heterocycles. The second kappa shape index (κ2) is 4.67. The number of hydrogen-bond donors (Lipinski definition) is 1. The number of amides is 1. The first-order valence-corrected chi connectivity index (χ1v) is 6.48. The van der Waals surface area contributed by atoms with Crippen LogP contribution in [0.3, 0.4) is 0 Å². The number of hydrogen-bond acceptors (Lipinski definition) is 3. The molecule has 96 valence electrons. The third-order valence-corrected chi connectivity index (χ3v) is 4.01. The highest BCUT2D eigenvalue weighted by Gasteiger charge is 2.45. The largest absolute Gasteiger partial charge is 0.467 e. The van der Waals surface area contributed by atoms with Crippen LogP contribution < -0.4 is 5.32 Å². The first-order chi connectivity index (χ1) is 8.07. The Morgan fingerprint density at radius 3 is 2.24 bits per heavy atom. The number of methoxy groups -OCH3 is 1. The molecular weight excluding hydrogens is 218 g/mol. The summed E-state index contributed by atoms with van der Waals surface area (Å²) in [7, 11) is 1.39. The van der Waals surface area contributed by atoms with Gasteiger partial charge in [-0.25, -0.2) is 4.79 Å². The van der Waals surface area contributed by atoms with E-state index in [9.17, 15) is 9.59 Å². The van der Waals surface area contributed by atoms with E-state index in [1.54, 1.807) is 0 Å². The summed E-state index contributed by atoms with van der Waals surface area (Å²) >= 11 is 0. The minimum atomic E-state index is -0.749. The lowest BCUT2D eigenvalue weighted by Gasteiger charge is -2.37. The molecule has 2 aliphatic rings. The Labute approximate surface area is 102 Å². The minimum absolute atomic E-state index is 0.0324. The van der Waals surface area contributed by atoms with Gasteiger partial charge in [0.2, 0.25) is 5.91 Å². The molecule has 1 amide bonds. The molecule has 0 atom stereocenters. The van der Waals surface area contributed by atoms with Crippen molar-refractivity contribution >= 4 is 11.9 Å². The van der Waals surface area contributed by atoms with Crippen molar-refractivity contribution in [3.05, 3.63) is 0 Å². The molecule has 2 aliphatic carbocycles. The number of carbonyl (C=O) groups excluding carboxylic acids is 2. The molecule has 0 heterocycles. The van der Waals surface area contributed by atoms with Crippen molar-refractivity contribution in [2.75, 3.05) is 7.11 Å². The van der Waals surface area contributed by atoms with Crippen LogP contribution in [0.5, 0.6) is 0 Å². The molecule has 2 saturated carbocycles. The van der Waals surface area contributed by atoms with Gasteiger partial charge in [-0.05, 0) is 44.4 Å². The standard InChI is InChI=1S/C13H21NO3/c1-9-5-7-13(8-6-9,12(16)17-2)14-11(15)10-3-4-10/h9-10H,3-8H2,1-2H3,(H,14,15). The van der Waals surface area contributed by atoms with Crippen molar-refractivity contribution in [2.45, 2.75) is 51.0 Å². The summed E-state index contributed by atoms with van der Waals surface area (Å²) in [6.45, 7) is 2.18. The topological polar surface area (TPSA) is 55.4 Å². The fourth-order valence-corrected chi connectivity index (χ4v) is 2.51. The minimum Gasteiger partial charge on any atom is -0.467 e. The monoisotopic (exact) mass is 239 g/mol. The lowest BCUT2D eigenvalue weighted by molar-refractivity contribution is -0.153. The van der Waals surface area contributed by atoms with Gasteiger partial charge in [0.15, 0.2) is 0 Å². The predicted octanol–water partition coefficient (Wildman–Crippen LogP) is 1.63. The normalized spacial score (nSPS) is 32.9. The van der Waals surface area contributed by atoms with Gasteiger partial charge in [-0.1, -0.05) is 6.92 Å². The van der Waals surface area contributed by atoms with E-state index < -0.39 is 5.54 Å². The van der Waals surface area contributed by atoms with E-state index in [1.165, 1.54) is 7.11 Å². The van der Waals surface area contributed by atoms with Gasteiger partial charge < -0.3 is 10.1 Å². The molecular formula is C13H21NO3. The molecule has 4 nitrogen and oxygen atoms in total. The first-order valence-electron chi connectivity index (χ1n) is 6.48. The van der Waals surface area contributed by atoms with Gasteiger partial charge in [-0.15, -0.1) is 0 Å². The molecule has 0 aromatic rings. The third-order valence-electron chi connectivity index (χ3n) is 4.01. The molecule has 0 aliphatic heterocycles. The summed E-state index contributed by atoms with van der Waals surface area (Å²) in [5.74, 6) is 0.518. The van der Waals surface area contributed by atoms with E-state index in [-0.39, 0.29) is 17.8 Å². The Morgan fingerprint density at radius 1 is 1.18 bits per heavy atom. The molecule has 2 rings (SSSR count). The number of rotatable bonds is 3. The lowest BCUT2D eigenvalue weighted by Crippen LogP contribution is -2.57. The van der Waals surface area contributed by atoms with E-state index in [0.29, 0.717) is 18.8 Å². The molecule has 0 radical (unpaired) electrons. The zero-order valence-electron chi connectivity index (χ0n) is 10.6. The summed E-state index contributed by atoms with van der Waals surface area (Å²) in [5, 5.41) is 2.95.